The van der Waals surface area contributed by atoms with Crippen LogP contribution in [0.25, 0.3) is 0 Å². The SMILES string of the molecule is O=CCC(=O)C1=CC=CC1.O=CCC(=O)c1ccccc1. The Kier molecular flexibility index (Phi) is 7.29. The van der Waals surface area contributed by atoms with Crippen molar-refractivity contribution >= 4 is 24.1 Å². The quantitative estimate of drug-likeness (QED) is 0.457. The summed E-state index contributed by atoms with van der Waals surface area (Å²) in [5, 5.41) is 0. The summed E-state index contributed by atoms with van der Waals surface area (Å²) in [4.78, 5) is 41.8. The molecular formula is C17H16O4. The van der Waals surface area contributed by atoms with E-state index in [-0.39, 0.29) is 24.4 Å². The summed E-state index contributed by atoms with van der Waals surface area (Å²) in [6.07, 6.45) is 7.43. The molecule has 1 aromatic carbocycles. The minimum Gasteiger partial charge on any atom is -0.303 e. The van der Waals surface area contributed by atoms with E-state index < -0.39 is 0 Å². The van der Waals surface area contributed by atoms with Gasteiger partial charge in [-0.2, -0.15) is 0 Å². The van der Waals surface area contributed by atoms with Gasteiger partial charge in [0.2, 0.25) is 0 Å². The predicted octanol–water partition coefficient (Wildman–Crippen LogP) is 2.49. The van der Waals surface area contributed by atoms with Crippen LogP contribution in [0.4, 0.5) is 0 Å². The average molecular weight is 284 g/mol. The first-order chi connectivity index (χ1) is 10.2. The van der Waals surface area contributed by atoms with Crippen LogP contribution < -0.4 is 0 Å². The van der Waals surface area contributed by atoms with Gasteiger partial charge in [-0.25, -0.2) is 0 Å². The molecule has 4 nitrogen and oxygen atoms in total. The summed E-state index contributed by atoms with van der Waals surface area (Å²) in [6, 6.07) is 8.78. The van der Waals surface area contributed by atoms with Crippen molar-refractivity contribution in [3.05, 3.63) is 59.7 Å². The standard InChI is InChI=1S/C9H8O2.C8H8O2/c10-7-6-9(11)8-4-2-1-3-5-8;9-6-5-8(10)7-3-1-2-4-7/h1-5,7H,6H2;1-3,6H,4-5H2. The Morgan fingerprint density at radius 2 is 1.57 bits per heavy atom. The Balaban J connectivity index is 0.000000211. The van der Waals surface area contributed by atoms with E-state index in [2.05, 4.69) is 0 Å². The molecule has 0 atom stereocenters. The smallest absolute Gasteiger partial charge is 0.169 e. The molecule has 0 aliphatic heterocycles. The molecule has 0 heterocycles. The molecule has 2 rings (SSSR count). The highest BCUT2D eigenvalue weighted by Crippen LogP contribution is 2.11. The maximum Gasteiger partial charge on any atom is 0.169 e. The third kappa shape index (κ3) is 5.91. The second-order valence-corrected chi connectivity index (χ2v) is 4.28. The van der Waals surface area contributed by atoms with Gasteiger partial charge < -0.3 is 9.59 Å². The molecule has 1 aliphatic carbocycles. The van der Waals surface area contributed by atoms with Gasteiger partial charge in [-0.05, 0) is 12.0 Å². The van der Waals surface area contributed by atoms with E-state index in [0.29, 0.717) is 24.6 Å². The molecule has 108 valence electrons. The van der Waals surface area contributed by atoms with Gasteiger partial charge in [0, 0.05) is 5.56 Å². The van der Waals surface area contributed by atoms with E-state index in [4.69, 9.17) is 0 Å². The first-order valence-electron chi connectivity index (χ1n) is 6.53. The van der Waals surface area contributed by atoms with Gasteiger partial charge in [0.25, 0.3) is 0 Å². The van der Waals surface area contributed by atoms with Crippen molar-refractivity contribution < 1.29 is 19.2 Å². The fraction of sp³-hybridized carbons (Fsp3) is 0.176. The first-order valence-corrected chi connectivity index (χ1v) is 6.53. The van der Waals surface area contributed by atoms with Gasteiger partial charge in [0.1, 0.15) is 12.6 Å². The number of hydrogen-bond donors (Lipinski definition) is 0. The summed E-state index contributed by atoms with van der Waals surface area (Å²) in [5.74, 6) is -0.180. The number of hydrogen-bond acceptors (Lipinski definition) is 4. The van der Waals surface area contributed by atoms with E-state index in [0.717, 1.165) is 5.57 Å². The van der Waals surface area contributed by atoms with E-state index in [9.17, 15) is 19.2 Å². The highest BCUT2D eigenvalue weighted by atomic mass is 16.1. The van der Waals surface area contributed by atoms with Crippen molar-refractivity contribution in [1.29, 1.82) is 0 Å². The fourth-order valence-electron chi connectivity index (χ4n) is 1.68. The maximum atomic E-state index is 11.0. The lowest BCUT2D eigenvalue weighted by molar-refractivity contribution is -0.119. The van der Waals surface area contributed by atoms with Gasteiger partial charge in [-0.3, -0.25) is 9.59 Å². The number of benzene rings is 1. The highest BCUT2D eigenvalue weighted by molar-refractivity contribution is 6.03. The van der Waals surface area contributed by atoms with Crippen LogP contribution in [-0.4, -0.2) is 24.1 Å². The van der Waals surface area contributed by atoms with Crippen LogP contribution in [0.5, 0.6) is 0 Å². The second-order valence-electron chi connectivity index (χ2n) is 4.28. The molecule has 0 aromatic heterocycles. The van der Waals surface area contributed by atoms with Crippen molar-refractivity contribution in [2.24, 2.45) is 0 Å². The van der Waals surface area contributed by atoms with Crippen LogP contribution in [0.1, 0.15) is 29.6 Å². The van der Waals surface area contributed by atoms with Crippen LogP contribution in [0, 0.1) is 0 Å². The lowest BCUT2D eigenvalue weighted by atomic mass is 10.1. The number of Topliss-reactive ketones (excluding diaryl/α,β-unsaturated/α-hetero) is 2. The molecule has 1 aromatic rings. The van der Waals surface area contributed by atoms with Crippen LogP contribution in [0.3, 0.4) is 0 Å². The van der Waals surface area contributed by atoms with E-state index in [1.165, 1.54) is 0 Å². The minimum atomic E-state index is -0.124. The summed E-state index contributed by atoms with van der Waals surface area (Å²) in [5.41, 5.74) is 1.34. The van der Waals surface area contributed by atoms with Crippen molar-refractivity contribution in [3.63, 3.8) is 0 Å². The normalized spacial score (nSPS) is 11.9. The zero-order valence-electron chi connectivity index (χ0n) is 11.5. The highest BCUT2D eigenvalue weighted by Gasteiger charge is 2.08. The molecule has 0 saturated heterocycles. The number of aldehydes is 2. The number of allylic oxidation sites excluding steroid dienone is 4. The summed E-state index contributed by atoms with van der Waals surface area (Å²) < 4.78 is 0. The first kappa shape index (κ1) is 16.4. The molecule has 0 spiro atoms. The third-order valence-electron chi connectivity index (χ3n) is 2.76. The van der Waals surface area contributed by atoms with Crippen LogP contribution >= 0.6 is 0 Å². The molecule has 1 aliphatic rings. The lowest BCUT2D eigenvalue weighted by Gasteiger charge is -1.93. The van der Waals surface area contributed by atoms with E-state index >= 15 is 0 Å². The Bertz CT molecular complexity index is 568. The molecule has 0 N–H and O–H groups in total. The maximum absolute atomic E-state index is 11.0. The average Bonchev–Trinajstić information content (AvgIpc) is 3.04. The molecule has 21 heavy (non-hydrogen) atoms. The number of ketones is 2. The minimum absolute atomic E-state index is 0.0213. The Hall–Kier alpha value is -2.62. The van der Waals surface area contributed by atoms with Crippen LogP contribution in [0.15, 0.2) is 54.1 Å². The summed E-state index contributed by atoms with van der Waals surface area (Å²) >= 11 is 0. The van der Waals surface area contributed by atoms with Crippen LogP contribution in [0.2, 0.25) is 0 Å². The predicted molar refractivity (Wildman–Crippen MR) is 79.0 cm³/mol. The lowest BCUT2D eigenvalue weighted by Crippen LogP contribution is -2.00. The zero-order chi connectivity index (χ0) is 15.5. The van der Waals surface area contributed by atoms with Crippen molar-refractivity contribution in [1.82, 2.24) is 0 Å². The summed E-state index contributed by atoms with van der Waals surface area (Å²) in [7, 11) is 0. The molecule has 0 saturated carbocycles. The van der Waals surface area contributed by atoms with Gasteiger partial charge in [0.15, 0.2) is 11.6 Å². The van der Waals surface area contributed by atoms with Crippen molar-refractivity contribution in [2.45, 2.75) is 19.3 Å². The number of carbonyl (C=O) groups excluding carboxylic acids is 4. The topological polar surface area (TPSA) is 68.3 Å². The molecule has 0 bridgehead atoms. The van der Waals surface area contributed by atoms with Gasteiger partial charge in [-0.15, -0.1) is 0 Å². The van der Waals surface area contributed by atoms with Gasteiger partial charge in [0.05, 0.1) is 12.8 Å². The largest absolute Gasteiger partial charge is 0.303 e. The summed E-state index contributed by atoms with van der Waals surface area (Å²) in [6.45, 7) is 0. The Morgan fingerprint density at radius 1 is 0.952 bits per heavy atom. The Labute approximate surface area is 123 Å². The number of carbonyl (C=O) groups is 4. The van der Waals surface area contributed by atoms with Crippen LogP contribution in [-0.2, 0) is 14.4 Å². The van der Waals surface area contributed by atoms with E-state index in [1.54, 1.807) is 30.3 Å². The fourth-order valence-corrected chi connectivity index (χ4v) is 1.68. The molecule has 0 unspecified atom stereocenters. The third-order valence-corrected chi connectivity index (χ3v) is 2.76. The molecule has 4 heteroatoms. The van der Waals surface area contributed by atoms with Crippen molar-refractivity contribution in [2.75, 3.05) is 0 Å². The monoisotopic (exact) mass is 284 g/mol. The van der Waals surface area contributed by atoms with Crippen molar-refractivity contribution in [3.8, 4) is 0 Å². The Morgan fingerprint density at radius 3 is 2.10 bits per heavy atom. The molecule has 0 radical (unpaired) electrons. The van der Waals surface area contributed by atoms with Gasteiger partial charge >= 0.3 is 0 Å². The zero-order valence-corrected chi connectivity index (χ0v) is 11.5. The molecule has 0 fully saturated rings. The van der Waals surface area contributed by atoms with Gasteiger partial charge in [-0.1, -0.05) is 48.6 Å². The molecular weight excluding hydrogens is 268 g/mol. The van der Waals surface area contributed by atoms with E-state index in [1.807, 2.05) is 18.2 Å². The second kappa shape index (κ2) is 9.31. The molecule has 0 amide bonds. The number of rotatable bonds is 6.